The molecule has 0 saturated heterocycles. The number of amides is 1. The average molecular weight is 378 g/mol. The second-order valence-corrected chi connectivity index (χ2v) is 5.80. The van der Waals surface area contributed by atoms with Crippen molar-refractivity contribution in [2.45, 2.75) is 13.3 Å². The van der Waals surface area contributed by atoms with Crippen LogP contribution in [0.15, 0.2) is 47.6 Å². The smallest absolute Gasteiger partial charge is 0.246 e. The van der Waals surface area contributed by atoms with Crippen molar-refractivity contribution in [3.63, 3.8) is 0 Å². The van der Waals surface area contributed by atoms with Crippen molar-refractivity contribution in [3.05, 3.63) is 59.1 Å². The van der Waals surface area contributed by atoms with Crippen LogP contribution in [0.2, 0.25) is 5.15 Å². The van der Waals surface area contributed by atoms with Gasteiger partial charge in [0.2, 0.25) is 5.91 Å². The van der Waals surface area contributed by atoms with Gasteiger partial charge in [-0.25, -0.2) is 14.4 Å². The first kappa shape index (κ1) is 19.7. The molecule has 0 unspecified atom stereocenters. The van der Waals surface area contributed by atoms with Gasteiger partial charge < -0.3 is 16.0 Å². The number of benzene rings is 1. The summed E-state index contributed by atoms with van der Waals surface area (Å²) in [5.74, 6) is -0.0880. The number of guanidine groups is 1. The zero-order chi connectivity index (χ0) is 18.8. The second-order valence-electron chi connectivity index (χ2n) is 5.42. The summed E-state index contributed by atoms with van der Waals surface area (Å²) in [6, 6.07) is 9.24. The molecule has 0 bridgehead atoms. The summed E-state index contributed by atoms with van der Waals surface area (Å²) in [5, 5.41) is 9.36. The summed E-state index contributed by atoms with van der Waals surface area (Å²) in [6.45, 7) is 3.21. The summed E-state index contributed by atoms with van der Waals surface area (Å²) in [7, 11) is 0. The van der Waals surface area contributed by atoms with Crippen LogP contribution in [-0.4, -0.2) is 36.5 Å². The number of aliphatic imine (C=N–C) groups is 1. The number of anilines is 1. The van der Waals surface area contributed by atoms with E-state index in [9.17, 15) is 9.18 Å². The Balaban J connectivity index is 1.81. The largest absolute Gasteiger partial charge is 0.357 e. The molecule has 26 heavy (non-hydrogen) atoms. The third-order valence-corrected chi connectivity index (χ3v) is 3.57. The molecule has 8 heteroatoms. The molecule has 1 amide bonds. The molecule has 1 aromatic heterocycles. The molecule has 1 heterocycles. The highest BCUT2D eigenvalue weighted by Crippen LogP contribution is 2.08. The lowest BCUT2D eigenvalue weighted by atomic mass is 10.2. The number of rotatable bonds is 7. The molecule has 0 fully saturated rings. The van der Waals surface area contributed by atoms with Gasteiger partial charge in [-0.15, -0.1) is 0 Å². The van der Waals surface area contributed by atoms with E-state index in [0.717, 1.165) is 12.0 Å². The Bertz CT molecular complexity index is 734. The van der Waals surface area contributed by atoms with Gasteiger partial charge in [0.1, 0.15) is 17.5 Å². The summed E-state index contributed by atoms with van der Waals surface area (Å²) in [4.78, 5) is 20.2. The first-order chi connectivity index (χ1) is 12.6. The Morgan fingerprint density at radius 1 is 1.19 bits per heavy atom. The predicted molar refractivity (Wildman–Crippen MR) is 102 cm³/mol. The Morgan fingerprint density at radius 2 is 1.96 bits per heavy atom. The van der Waals surface area contributed by atoms with Gasteiger partial charge in [0.25, 0.3) is 0 Å². The highest BCUT2D eigenvalue weighted by Gasteiger charge is 2.04. The van der Waals surface area contributed by atoms with Crippen LogP contribution in [0.5, 0.6) is 0 Å². The van der Waals surface area contributed by atoms with Crippen LogP contribution >= 0.6 is 11.6 Å². The van der Waals surface area contributed by atoms with Crippen molar-refractivity contribution >= 4 is 29.2 Å². The van der Waals surface area contributed by atoms with E-state index in [2.05, 4.69) is 25.9 Å². The highest BCUT2D eigenvalue weighted by atomic mass is 35.5. The topological polar surface area (TPSA) is 78.4 Å². The van der Waals surface area contributed by atoms with E-state index in [1.54, 1.807) is 12.3 Å². The third kappa shape index (κ3) is 7.06. The van der Waals surface area contributed by atoms with Crippen LogP contribution in [-0.2, 0) is 11.2 Å². The second kappa shape index (κ2) is 10.4. The van der Waals surface area contributed by atoms with Gasteiger partial charge in [0.15, 0.2) is 5.96 Å². The van der Waals surface area contributed by atoms with Crippen LogP contribution in [0.1, 0.15) is 12.5 Å². The van der Waals surface area contributed by atoms with Crippen molar-refractivity contribution in [2.75, 3.05) is 25.0 Å². The summed E-state index contributed by atoms with van der Waals surface area (Å²) in [5.41, 5.74) is 1.58. The maximum Gasteiger partial charge on any atom is 0.246 e. The fraction of sp³-hybridized carbons (Fsp3) is 0.278. The number of nitrogens with zero attached hydrogens (tertiary/aromatic N) is 2. The Kier molecular flexibility index (Phi) is 7.82. The molecule has 1 aromatic carbocycles. The number of carbonyl (C=O) groups is 1. The van der Waals surface area contributed by atoms with Crippen LogP contribution < -0.4 is 16.0 Å². The van der Waals surface area contributed by atoms with Gasteiger partial charge in [0.05, 0.1) is 0 Å². The molecule has 0 atom stereocenters. The van der Waals surface area contributed by atoms with E-state index in [1.807, 2.05) is 13.0 Å². The van der Waals surface area contributed by atoms with Crippen molar-refractivity contribution < 1.29 is 9.18 Å². The number of carbonyl (C=O) groups excluding carboxylic acids is 1. The monoisotopic (exact) mass is 377 g/mol. The van der Waals surface area contributed by atoms with Gasteiger partial charge in [-0.3, -0.25) is 4.79 Å². The zero-order valence-electron chi connectivity index (χ0n) is 14.4. The molecule has 0 aliphatic carbocycles. The van der Waals surface area contributed by atoms with Crippen molar-refractivity contribution in [1.82, 2.24) is 15.6 Å². The minimum atomic E-state index is -0.351. The van der Waals surface area contributed by atoms with Gasteiger partial charge in [-0.1, -0.05) is 17.7 Å². The Morgan fingerprint density at radius 3 is 2.62 bits per heavy atom. The maximum atomic E-state index is 12.9. The summed E-state index contributed by atoms with van der Waals surface area (Å²) >= 11 is 5.76. The summed E-state index contributed by atoms with van der Waals surface area (Å²) < 4.78 is 12.9. The number of hydrogen-bond acceptors (Lipinski definition) is 3. The molecule has 0 aliphatic rings. The normalized spacial score (nSPS) is 11.1. The maximum absolute atomic E-state index is 12.9. The van der Waals surface area contributed by atoms with E-state index in [0.29, 0.717) is 29.9 Å². The fourth-order valence-corrected chi connectivity index (χ4v) is 2.22. The molecule has 0 aliphatic heterocycles. The minimum Gasteiger partial charge on any atom is -0.357 e. The molecular weight excluding hydrogens is 357 g/mol. The van der Waals surface area contributed by atoms with Crippen molar-refractivity contribution in [2.24, 2.45) is 4.99 Å². The standard InChI is InChI=1S/C18H21ClFN5O/c1-2-21-18(22-10-9-13-3-8-16(19)23-11-13)24-12-17(26)25-15-6-4-14(20)5-7-15/h3-8,11H,2,9-10,12H2,1H3,(H,25,26)(H2,21,22,24). The van der Waals surface area contributed by atoms with E-state index in [-0.39, 0.29) is 18.3 Å². The van der Waals surface area contributed by atoms with E-state index in [4.69, 9.17) is 11.6 Å². The molecule has 2 aromatic rings. The lowest BCUT2D eigenvalue weighted by Gasteiger charge is -2.11. The molecule has 0 radical (unpaired) electrons. The number of halogens is 2. The van der Waals surface area contributed by atoms with Crippen LogP contribution in [0.25, 0.3) is 0 Å². The molecule has 2 rings (SSSR count). The highest BCUT2D eigenvalue weighted by molar-refractivity contribution is 6.29. The third-order valence-electron chi connectivity index (χ3n) is 3.35. The quantitative estimate of drug-likeness (QED) is 0.394. The average Bonchev–Trinajstić information content (AvgIpc) is 2.63. The number of hydrogen-bond donors (Lipinski definition) is 3. The predicted octanol–water partition coefficient (Wildman–Crippen LogP) is 2.61. The van der Waals surface area contributed by atoms with E-state index in [1.165, 1.54) is 24.3 Å². The van der Waals surface area contributed by atoms with E-state index < -0.39 is 0 Å². The molecule has 6 nitrogen and oxygen atoms in total. The number of pyridine rings is 1. The zero-order valence-corrected chi connectivity index (χ0v) is 15.2. The lowest BCUT2D eigenvalue weighted by molar-refractivity contribution is -0.114. The molecule has 0 spiro atoms. The molecule has 0 saturated carbocycles. The molecule has 3 N–H and O–H groups in total. The van der Waals surface area contributed by atoms with Crippen LogP contribution in [0.4, 0.5) is 10.1 Å². The SMILES string of the molecule is CCNC(=NCC(=O)Nc1ccc(F)cc1)NCCc1ccc(Cl)nc1. The molecular formula is C18H21ClFN5O. The van der Waals surface area contributed by atoms with Crippen molar-refractivity contribution in [3.8, 4) is 0 Å². The van der Waals surface area contributed by atoms with Gasteiger partial charge in [0, 0.05) is 25.0 Å². The van der Waals surface area contributed by atoms with Gasteiger partial charge in [-0.2, -0.15) is 0 Å². The minimum absolute atomic E-state index is 0.0464. The first-order valence-electron chi connectivity index (χ1n) is 8.25. The van der Waals surface area contributed by atoms with Crippen LogP contribution in [0.3, 0.4) is 0 Å². The molecule has 138 valence electrons. The Labute approximate surface area is 156 Å². The Hall–Kier alpha value is -2.67. The fourth-order valence-electron chi connectivity index (χ4n) is 2.11. The van der Waals surface area contributed by atoms with Crippen molar-refractivity contribution in [1.29, 1.82) is 0 Å². The van der Waals surface area contributed by atoms with Crippen LogP contribution in [0, 0.1) is 5.82 Å². The number of nitrogens with one attached hydrogen (secondary N) is 3. The van der Waals surface area contributed by atoms with Gasteiger partial charge >= 0.3 is 0 Å². The van der Waals surface area contributed by atoms with E-state index >= 15 is 0 Å². The summed E-state index contributed by atoms with van der Waals surface area (Å²) in [6.07, 6.45) is 2.47. The lowest BCUT2D eigenvalue weighted by Crippen LogP contribution is -2.39. The first-order valence-corrected chi connectivity index (χ1v) is 8.62. The van der Waals surface area contributed by atoms with Gasteiger partial charge in [-0.05, 0) is 49.2 Å². The number of aromatic nitrogens is 1.